The zero-order chi connectivity index (χ0) is 20.2. The molecule has 6 heteroatoms. The van der Waals surface area contributed by atoms with Gasteiger partial charge in [-0.1, -0.05) is 37.5 Å². The molecule has 1 aromatic carbocycles. The summed E-state index contributed by atoms with van der Waals surface area (Å²) >= 11 is 0. The predicted octanol–water partition coefficient (Wildman–Crippen LogP) is 3.05. The van der Waals surface area contributed by atoms with Crippen LogP contribution in [0.5, 0.6) is 0 Å². The third kappa shape index (κ3) is 4.42. The second-order valence-electron chi connectivity index (χ2n) is 8.23. The fourth-order valence-corrected chi connectivity index (χ4v) is 4.76. The van der Waals surface area contributed by atoms with Gasteiger partial charge in [0.1, 0.15) is 6.04 Å². The monoisotopic (exact) mass is 395 g/mol. The number of likely N-dealkylation sites (tertiary alicyclic amines) is 1. The first-order valence-corrected chi connectivity index (χ1v) is 10.6. The number of methoxy groups -OCH3 is 1. The minimum Gasteiger partial charge on any atom is -0.468 e. The number of ether oxygens (including phenoxy) is 1. The molecule has 0 radical (unpaired) electrons. The first-order chi connectivity index (χ1) is 14.2. The molecule has 4 rings (SSSR count). The van der Waals surface area contributed by atoms with Crippen LogP contribution in [0.1, 0.15) is 44.1 Å². The van der Waals surface area contributed by atoms with Gasteiger partial charge in [0.25, 0.3) is 0 Å². The van der Waals surface area contributed by atoms with Crippen LogP contribution in [0.25, 0.3) is 10.9 Å². The van der Waals surface area contributed by atoms with Crippen LogP contribution in [-0.4, -0.2) is 47.5 Å². The number of nitrogens with one attached hydrogen (secondary N) is 1. The van der Waals surface area contributed by atoms with Gasteiger partial charge in [-0.05, 0) is 37.0 Å². The van der Waals surface area contributed by atoms with Crippen LogP contribution in [0, 0.1) is 5.92 Å². The second kappa shape index (κ2) is 8.91. The van der Waals surface area contributed by atoms with Crippen LogP contribution in [0.3, 0.4) is 0 Å². The molecule has 1 saturated carbocycles. The molecule has 6 nitrogen and oxygen atoms in total. The smallest absolute Gasteiger partial charge is 0.323 e. The maximum atomic E-state index is 12.7. The molecule has 0 spiro atoms. The number of para-hydroxylation sites is 1. The summed E-state index contributed by atoms with van der Waals surface area (Å²) in [6, 6.07) is 9.66. The predicted molar refractivity (Wildman–Crippen MR) is 111 cm³/mol. The van der Waals surface area contributed by atoms with Crippen molar-refractivity contribution in [2.45, 2.75) is 57.2 Å². The van der Waals surface area contributed by atoms with Crippen molar-refractivity contribution in [1.82, 2.24) is 15.2 Å². The lowest BCUT2D eigenvalue weighted by Crippen LogP contribution is -2.41. The lowest BCUT2D eigenvalue weighted by Gasteiger charge is -2.24. The largest absolute Gasteiger partial charge is 0.468 e. The minimum absolute atomic E-state index is 0.0263. The van der Waals surface area contributed by atoms with Crippen LogP contribution >= 0.6 is 0 Å². The number of aromatic nitrogens is 1. The average Bonchev–Trinajstić information content (AvgIpc) is 3.16. The highest BCUT2D eigenvalue weighted by Crippen LogP contribution is 2.27. The van der Waals surface area contributed by atoms with Gasteiger partial charge >= 0.3 is 5.97 Å². The number of hydrogen-bond donors (Lipinski definition) is 1. The van der Waals surface area contributed by atoms with E-state index in [0.717, 1.165) is 42.1 Å². The highest BCUT2D eigenvalue weighted by Gasteiger charge is 2.39. The normalized spacial score (nSPS) is 23.2. The molecule has 1 saturated heterocycles. The Morgan fingerprint density at radius 2 is 1.97 bits per heavy atom. The first-order valence-electron chi connectivity index (χ1n) is 10.6. The molecule has 2 aliphatic rings. The third-order valence-corrected chi connectivity index (χ3v) is 6.31. The summed E-state index contributed by atoms with van der Waals surface area (Å²) in [5, 5.41) is 4.30. The van der Waals surface area contributed by atoms with E-state index in [0.29, 0.717) is 19.5 Å². The molecule has 1 amide bonds. The molecular weight excluding hydrogens is 366 g/mol. The van der Waals surface area contributed by atoms with Crippen molar-refractivity contribution in [3.05, 3.63) is 42.1 Å². The molecule has 0 bridgehead atoms. The zero-order valence-corrected chi connectivity index (χ0v) is 17.0. The Kier molecular flexibility index (Phi) is 6.09. The van der Waals surface area contributed by atoms with Crippen molar-refractivity contribution >= 4 is 22.8 Å². The molecule has 29 heavy (non-hydrogen) atoms. The number of carbonyl (C=O) groups is 2. The minimum atomic E-state index is -0.344. The van der Waals surface area contributed by atoms with E-state index in [1.165, 1.54) is 13.5 Å². The van der Waals surface area contributed by atoms with E-state index in [1.54, 1.807) is 0 Å². The van der Waals surface area contributed by atoms with Crippen molar-refractivity contribution in [2.24, 2.45) is 5.92 Å². The molecule has 2 fully saturated rings. The van der Waals surface area contributed by atoms with Crippen LogP contribution in [0.15, 0.2) is 36.5 Å². The Balaban J connectivity index is 1.48. The number of pyridine rings is 1. The van der Waals surface area contributed by atoms with Crippen molar-refractivity contribution in [3.63, 3.8) is 0 Å². The van der Waals surface area contributed by atoms with Gasteiger partial charge in [0.05, 0.1) is 12.6 Å². The fourth-order valence-electron chi connectivity index (χ4n) is 4.76. The van der Waals surface area contributed by atoms with Crippen molar-refractivity contribution in [2.75, 3.05) is 13.7 Å². The summed E-state index contributed by atoms with van der Waals surface area (Å²) in [6.45, 7) is 1.27. The molecule has 2 aromatic rings. The van der Waals surface area contributed by atoms with E-state index in [9.17, 15) is 9.59 Å². The summed E-state index contributed by atoms with van der Waals surface area (Å²) in [7, 11) is 1.43. The topological polar surface area (TPSA) is 71.5 Å². The van der Waals surface area contributed by atoms with Crippen molar-refractivity contribution in [1.29, 1.82) is 0 Å². The van der Waals surface area contributed by atoms with E-state index in [1.807, 2.05) is 30.5 Å². The van der Waals surface area contributed by atoms with Crippen LogP contribution < -0.4 is 5.32 Å². The summed E-state index contributed by atoms with van der Waals surface area (Å²) < 4.78 is 5.05. The average molecular weight is 396 g/mol. The first kappa shape index (κ1) is 19.8. The van der Waals surface area contributed by atoms with Gasteiger partial charge in [0.15, 0.2) is 0 Å². The van der Waals surface area contributed by atoms with Gasteiger partial charge < -0.3 is 10.1 Å². The standard InChI is InChI=1S/C23H29N3O3/c1-29-23(28)21-13-18(25-22(27)16-7-3-2-4-8-16)15-26(21)14-17-11-12-24-20-10-6-5-9-19(17)20/h5-6,9-12,16,18,21H,2-4,7-8,13-15H2,1H3,(H,25,27)/t18-,21-/m0/s1. The number of carbonyl (C=O) groups excluding carboxylic acids is 2. The highest BCUT2D eigenvalue weighted by atomic mass is 16.5. The van der Waals surface area contributed by atoms with E-state index < -0.39 is 0 Å². The quantitative estimate of drug-likeness (QED) is 0.788. The van der Waals surface area contributed by atoms with E-state index in [4.69, 9.17) is 4.74 Å². The van der Waals surface area contributed by atoms with E-state index >= 15 is 0 Å². The number of benzene rings is 1. The number of hydrogen-bond acceptors (Lipinski definition) is 5. The number of rotatable bonds is 5. The zero-order valence-electron chi connectivity index (χ0n) is 17.0. The maximum Gasteiger partial charge on any atom is 0.323 e. The van der Waals surface area contributed by atoms with Gasteiger partial charge in [-0.15, -0.1) is 0 Å². The molecule has 2 atom stereocenters. The molecule has 1 aromatic heterocycles. The highest BCUT2D eigenvalue weighted by molar-refractivity contribution is 5.82. The summed E-state index contributed by atoms with van der Waals surface area (Å²) in [4.78, 5) is 31.7. The molecule has 1 N–H and O–H groups in total. The Hall–Kier alpha value is -2.47. The van der Waals surface area contributed by atoms with E-state index in [-0.39, 0.29) is 29.9 Å². The molecule has 0 unspecified atom stereocenters. The van der Waals surface area contributed by atoms with Crippen molar-refractivity contribution < 1.29 is 14.3 Å². The Bertz CT molecular complexity index is 873. The van der Waals surface area contributed by atoms with Gasteiger partial charge in [-0.25, -0.2) is 0 Å². The van der Waals surface area contributed by atoms with Crippen LogP contribution in [0.2, 0.25) is 0 Å². The number of amides is 1. The van der Waals surface area contributed by atoms with E-state index in [2.05, 4.69) is 21.3 Å². The number of nitrogens with zero attached hydrogens (tertiary/aromatic N) is 2. The third-order valence-electron chi connectivity index (χ3n) is 6.31. The van der Waals surface area contributed by atoms with Gasteiger partial charge in [-0.3, -0.25) is 19.5 Å². The SMILES string of the molecule is COC(=O)[C@@H]1C[C@H](NC(=O)C2CCCCC2)CN1Cc1ccnc2ccccc12. The van der Waals surface area contributed by atoms with Crippen LogP contribution in [-0.2, 0) is 20.9 Å². The Morgan fingerprint density at radius 1 is 1.17 bits per heavy atom. The lowest BCUT2D eigenvalue weighted by molar-refractivity contribution is -0.146. The summed E-state index contributed by atoms with van der Waals surface area (Å²) in [5.74, 6) is 0.0332. The summed E-state index contributed by atoms with van der Waals surface area (Å²) in [5.41, 5.74) is 2.07. The molecule has 1 aliphatic carbocycles. The Morgan fingerprint density at radius 3 is 2.76 bits per heavy atom. The lowest BCUT2D eigenvalue weighted by atomic mass is 9.88. The Labute approximate surface area is 171 Å². The molecule has 154 valence electrons. The maximum absolute atomic E-state index is 12.7. The number of fused-ring (bicyclic) bond motifs is 1. The van der Waals surface area contributed by atoms with Crippen molar-refractivity contribution in [3.8, 4) is 0 Å². The second-order valence-corrected chi connectivity index (χ2v) is 8.23. The molecule has 1 aliphatic heterocycles. The van der Waals surface area contributed by atoms with Gasteiger partial charge in [0.2, 0.25) is 5.91 Å². The van der Waals surface area contributed by atoms with Gasteiger partial charge in [0, 0.05) is 36.6 Å². The fraction of sp³-hybridized carbons (Fsp3) is 0.522. The molecule has 2 heterocycles. The number of esters is 1. The molecular formula is C23H29N3O3. The van der Waals surface area contributed by atoms with Gasteiger partial charge in [-0.2, -0.15) is 0 Å². The van der Waals surface area contributed by atoms with Crippen LogP contribution in [0.4, 0.5) is 0 Å². The summed E-state index contributed by atoms with van der Waals surface area (Å²) in [6.07, 6.45) is 7.85.